The zero-order valence-electron chi connectivity index (χ0n) is 8.12. The van der Waals surface area contributed by atoms with Gasteiger partial charge in [-0.05, 0) is 18.2 Å². The monoisotopic (exact) mass is 267 g/mol. The van der Waals surface area contributed by atoms with Crippen molar-refractivity contribution in [3.05, 3.63) is 45.3 Å². The van der Waals surface area contributed by atoms with Gasteiger partial charge in [0, 0.05) is 17.7 Å². The van der Waals surface area contributed by atoms with Crippen LogP contribution in [0.1, 0.15) is 0 Å². The fourth-order valence-electron chi connectivity index (χ4n) is 1.36. The Morgan fingerprint density at radius 1 is 1.47 bits per heavy atom. The summed E-state index contributed by atoms with van der Waals surface area (Å²) in [5.74, 6) is 0. The third-order valence-corrected chi connectivity index (χ3v) is 2.60. The van der Waals surface area contributed by atoms with Crippen molar-refractivity contribution in [2.45, 2.75) is 0 Å². The van der Waals surface area contributed by atoms with E-state index in [0.717, 1.165) is 10.2 Å². The molecule has 1 aromatic carbocycles. The average Bonchev–Trinajstić information content (AvgIpc) is 2.59. The number of nitrogens with one attached hydrogen (secondary N) is 2. The second-order valence-electron chi connectivity index (χ2n) is 3.06. The third kappa shape index (κ3) is 1.83. The summed E-state index contributed by atoms with van der Waals surface area (Å²) in [7, 11) is 1.72. The van der Waals surface area contributed by atoms with E-state index in [9.17, 15) is 4.79 Å². The molecule has 4 nitrogen and oxygen atoms in total. The van der Waals surface area contributed by atoms with Crippen LogP contribution in [-0.2, 0) is 0 Å². The molecule has 78 valence electrons. The van der Waals surface area contributed by atoms with Gasteiger partial charge in [-0.1, -0.05) is 22.0 Å². The van der Waals surface area contributed by atoms with Crippen LogP contribution in [0.4, 0.5) is 5.69 Å². The van der Waals surface area contributed by atoms with Gasteiger partial charge in [0.2, 0.25) is 0 Å². The first kappa shape index (κ1) is 10.0. The summed E-state index contributed by atoms with van der Waals surface area (Å²) in [5.41, 5.74) is 1.27. The number of aromatic amines is 1. The van der Waals surface area contributed by atoms with Gasteiger partial charge in [0.25, 0.3) is 5.56 Å². The van der Waals surface area contributed by atoms with Gasteiger partial charge in [0.1, 0.15) is 5.69 Å². The van der Waals surface area contributed by atoms with E-state index < -0.39 is 0 Å². The van der Waals surface area contributed by atoms with Gasteiger partial charge in [-0.25, -0.2) is 4.68 Å². The molecule has 0 radical (unpaired) electrons. The van der Waals surface area contributed by atoms with Gasteiger partial charge in [-0.15, -0.1) is 0 Å². The van der Waals surface area contributed by atoms with Crippen molar-refractivity contribution in [1.29, 1.82) is 0 Å². The Balaban J connectivity index is 2.55. The molecule has 2 N–H and O–H groups in total. The number of hydrogen-bond acceptors (Lipinski definition) is 2. The molecule has 0 aliphatic rings. The Morgan fingerprint density at radius 3 is 2.87 bits per heavy atom. The van der Waals surface area contributed by atoms with Gasteiger partial charge in [0.05, 0.1) is 5.69 Å². The second-order valence-corrected chi connectivity index (χ2v) is 3.97. The molecule has 0 spiro atoms. The van der Waals surface area contributed by atoms with Gasteiger partial charge in [0.15, 0.2) is 0 Å². The lowest BCUT2D eigenvalue weighted by atomic mass is 10.3. The maximum absolute atomic E-state index is 11.8. The molecule has 0 amide bonds. The topological polar surface area (TPSA) is 49.8 Å². The van der Waals surface area contributed by atoms with Crippen molar-refractivity contribution in [3.8, 4) is 5.69 Å². The molecule has 0 unspecified atom stereocenters. The normalized spacial score (nSPS) is 10.3. The van der Waals surface area contributed by atoms with Crippen molar-refractivity contribution in [2.75, 3.05) is 12.4 Å². The molecular formula is C10H10BrN3O. The molecule has 15 heavy (non-hydrogen) atoms. The summed E-state index contributed by atoms with van der Waals surface area (Å²) in [5, 5.41) is 5.71. The molecule has 5 heteroatoms. The minimum atomic E-state index is -0.0874. The van der Waals surface area contributed by atoms with E-state index in [1.165, 1.54) is 4.68 Å². The van der Waals surface area contributed by atoms with Gasteiger partial charge in [-0.3, -0.25) is 9.89 Å². The number of H-pyrrole nitrogens is 1. The Labute approximate surface area is 95.0 Å². The Kier molecular flexibility index (Phi) is 2.64. The predicted octanol–water partition coefficient (Wildman–Crippen LogP) is 1.97. The van der Waals surface area contributed by atoms with E-state index in [-0.39, 0.29) is 5.56 Å². The fraction of sp³-hybridized carbons (Fsp3) is 0.100. The van der Waals surface area contributed by atoms with Gasteiger partial charge in [-0.2, -0.15) is 0 Å². The lowest BCUT2D eigenvalue weighted by Crippen LogP contribution is -2.16. The van der Waals surface area contributed by atoms with Crippen molar-refractivity contribution < 1.29 is 0 Å². The first-order chi connectivity index (χ1) is 7.22. The van der Waals surface area contributed by atoms with E-state index in [2.05, 4.69) is 26.3 Å². The number of aromatic nitrogens is 2. The standard InChI is InChI=1S/C10H10BrN3O/c1-12-9-6-13-14(10(9)15)8-4-2-3-7(11)5-8/h2-6,12-13H,1H3. The molecule has 0 aliphatic heterocycles. The molecule has 0 bridgehead atoms. The van der Waals surface area contributed by atoms with E-state index in [4.69, 9.17) is 0 Å². The van der Waals surface area contributed by atoms with E-state index in [1.807, 2.05) is 24.3 Å². The molecule has 0 atom stereocenters. The van der Waals surface area contributed by atoms with E-state index in [0.29, 0.717) is 5.69 Å². The minimum Gasteiger partial charge on any atom is -0.382 e. The summed E-state index contributed by atoms with van der Waals surface area (Å²) < 4.78 is 2.42. The molecule has 0 saturated carbocycles. The summed E-state index contributed by atoms with van der Waals surface area (Å²) in [4.78, 5) is 11.8. The van der Waals surface area contributed by atoms with Crippen molar-refractivity contribution in [3.63, 3.8) is 0 Å². The molecular weight excluding hydrogens is 258 g/mol. The number of halogens is 1. The van der Waals surface area contributed by atoms with Crippen LogP contribution in [0.5, 0.6) is 0 Å². The van der Waals surface area contributed by atoms with Crippen LogP contribution < -0.4 is 10.9 Å². The maximum Gasteiger partial charge on any atom is 0.294 e. The zero-order valence-corrected chi connectivity index (χ0v) is 9.71. The first-order valence-corrected chi connectivity index (χ1v) is 5.26. The molecule has 0 saturated heterocycles. The van der Waals surface area contributed by atoms with Crippen LogP contribution in [0, 0.1) is 0 Å². The average molecular weight is 268 g/mol. The molecule has 0 fully saturated rings. The van der Waals surface area contributed by atoms with Gasteiger partial charge < -0.3 is 5.32 Å². The summed E-state index contributed by atoms with van der Waals surface area (Å²) in [6, 6.07) is 7.53. The molecule has 2 rings (SSSR count). The van der Waals surface area contributed by atoms with Crippen molar-refractivity contribution in [2.24, 2.45) is 0 Å². The molecule has 1 aromatic heterocycles. The van der Waals surface area contributed by atoms with Crippen LogP contribution in [0.2, 0.25) is 0 Å². The van der Waals surface area contributed by atoms with Crippen LogP contribution in [0.25, 0.3) is 5.69 Å². The lowest BCUT2D eigenvalue weighted by Gasteiger charge is -2.01. The fourth-order valence-corrected chi connectivity index (χ4v) is 1.74. The second kappa shape index (κ2) is 3.94. The van der Waals surface area contributed by atoms with Crippen LogP contribution in [0.15, 0.2) is 39.7 Å². The SMILES string of the molecule is CNc1c[nH]n(-c2cccc(Br)c2)c1=O. The summed E-state index contributed by atoms with van der Waals surface area (Å²) >= 11 is 3.36. The highest BCUT2D eigenvalue weighted by atomic mass is 79.9. The van der Waals surface area contributed by atoms with E-state index in [1.54, 1.807) is 13.2 Å². The zero-order chi connectivity index (χ0) is 10.8. The van der Waals surface area contributed by atoms with Gasteiger partial charge >= 0.3 is 0 Å². The Morgan fingerprint density at radius 2 is 2.27 bits per heavy atom. The Bertz CT molecular complexity index is 529. The van der Waals surface area contributed by atoms with Crippen LogP contribution >= 0.6 is 15.9 Å². The Hall–Kier alpha value is -1.49. The van der Waals surface area contributed by atoms with E-state index >= 15 is 0 Å². The quantitative estimate of drug-likeness (QED) is 0.874. The first-order valence-electron chi connectivity index (χ1n) is 4.46. The molecule has 1 heterocycles. The van der Waals surface area contributed by atoms with Crippen molar-refractivity contribution in [1.82, 2.24) is 9.78 Å². The highest BCUT2D eigenvalue weighted by Crippen LogP contribution is 2.13. The highest BCUT2D eigenvalue weighted by molar-refractivity contribution is 9.10. The van der Waals surface area contributed by atoms with Crippen LogP contribution in [-0.4, -0.2) is 16.8 Å². The van der Waals surface area contributed by atoms with Crippen molar-refractivity contribution >= 4 is 21.6 Å². The summed E-state index contributed by atoms with van der Waals surface area (Å²) in [6.07, 6.45) is 1.64. The number of benzene rings is 1. The predicted molar refractivity (Wildman–Crippen MR) is 63.6 cm³/mol. The lowest BCUT2D eigenvalue weighted by molar-refractivity contribution is 0.849. The smallest absolute Gasteiger partial charge is 0.294 e. The molecule has 0 aliphatic carbocycles. The third-order valence-electron chi connectivity index (χ3n) is 2.11. The number of anilines is 1. The maximum atomic E-state index is 11.8. The number of hydrogen-bond donors (Lipinski definition) is 2. The number of rotatable bonds is 2. The molecule has 2 aromatic rings. The highest BCUT2D eigenvalue weighted by Gasteiger charge is 2.05. The largest absolute Gasteiger partial charge is 0.382 e. The minimum absolute atomic E-state index is 0.0874. The summed E-state index contributed by atoms with van der Waals surface area (Å²) in [6.45, 7) is 0. The van der Waals surface area contributed by atoms with Crippen LogP contribution in [0.3, 0.4) is 0 Å². The number of nitrogens with zero attached hydrogens (tertiary/aromatic N) is 1.